The van der Waals surface area contributed by atoms with Crippen molar-refractivity contribution >= 4 is 23.0 Å². The monoisotopic (exact) mass is 521 g/mol. The van der Waals surface area contributed by atoms with Crippen molar-refractivity contribution in [2.75, 3.05) is 47.8 Å². The second-order valence-electron chi connectivity index (χ2n) is 11.5. The van der Waals surface area contributed by atoms with Crippen molar-refractivity contribution in [2.45, 2.75) is 52.1 Å². The molecule has 6 heteroatoms. The van der Waals surface area contributed by atoms with Crippen molar-refractivity contribution in [1.29, 1.82) is 5.26 Å². The van der Waals surface area contributed by atoms with E-state index < -0.39 is 0 Å². The number of piperazine rings is 1. The van der Waals surface area contributed by atoms with Crippen LogP contribution in [0, 0.1) is 25.2 Å². The molecule has 0 spiro atoms. The van der Waals surface area contributed by atoms with Gasteiger partial charge >= 0.3 is 0 Å². The van der Waals surface area contributed by atoms with Gasteiger partial charge in [0.25, 0.3) is 5.91 Å². The summed E-state index contributed by atoms with van der Waals surface area (Å²) in [6.07, 6.45) is 1.96. The summed E-state index contributed by atoms with van der Waals surface area (Å²) in [5.74, 6) is 0.110. The van der Waals surface area contributed by atoms with Crippen molar-refractivity contribution < 1.29 is 4.79 Å². The van der Waals surface area contributed by atoms with Crippen molar-refractivity contribution in [3.05, 3.63) is 89.0 Å². The number of nitriles is 1. The van der Waals surface area contributed by atoms with Crippen LogP contribution in [0.1, 0.15) is 53.7 Å². The molecule has 0 aromatic heterocycles. The lowest BCUT2D eigenvalue weighted by molar-refractivity contribution is 0.0685. The number of rotatable bonds is 5. The maximum absolute atomic E-state index is 13.8. The molecule has 3 aromatic carbocycles. The van der Waals surface area contributed by atoms with E-state index in [2.05, 4.69) is 78.4 Å². The minimum atomic E-state index is -0.160. The zero-order chi connectivity index (χ0) is 27.6. The predicted octanol–water partition coefficient (Wildman–Crippen LogP) is 6.00. The van der Waals surface area contributed by atoms with Crippen LogP contribution in [0.25, 0.3) is 0 Å². The van der Waals surface area contributed by atoms with E-state index in [0.717, 1.165) is 66.1 Å². The smallest absolute Gasteiger partial charge is 0.254 e. The number of nitrogens with zero attached hydrogens (tertiary/aromatic N) is 4. The topological polar surface area (TPSA) is 62.6 Å². The maximum atomic E-state index is 13.8. The van der Waals surface area contributed by atoms with Crippen LogP contribution in [0.2, 0.25) is 0 Å². The zero-order valence-electron chi connectivity index (χ0n) is 23.6. The molecular formula is C33H39N5O. The molecule has 0 bridgehead atoms. The summed E-state index contributed by atoms with van der Waals surface area (Å²) < 4.78 is 0. The number of benzene rings is 3. The average Bonchev–Trinajstić information content (AvgIpc) is 2.94. The van der Waals surface area contributed by atoms with Gasteiger partial charge in [0.1, 0.15) is 6.07 Å². The number of amides is 1. The third-order valence-corrected chi connectivity index (χ3v) is 8.28. The highest BCUT2D eigenvalue weighted by atomic mass is 16.2. The molecule has 3 aromatic rings. The van der Waals surface area contributed by atoms with Crippen LogP contribution in [-0.4, -0.2) is 55.1 Å². The van der Waals surface area contributed by atoms with E-state index >= 15 is 0 Å². The van der Waals surface area contributed by atoms with Crippen LogP contribution in [0.4, 0.5) is 17.1 Å². The lowest BCUT2D eigenvalue weighted by Crippen LogP contribution is -2.60. The Labute approximate surface area is 232 Å². The minimum Gasteiger partial charge on any atom is -0.382 e. The fraction of sp³-hybridized carbons (Fsp3) is 0.394. The maximum Gasteiger partial charge on any atom is 0.254 e. The summed E-state index contributed by atoms with van der Waals surface area (Å²) in [6.45, 7) is 12.6. The Hall–Kier alpha value is -3.98. The number of para-hydroxylation sites is 2. The SMILES string of the molecule is Cc1cc(C)c(C(=O)N2CCN(c3ccccc3)C(C)(C)C2)cc1NC1CCN(c2ccccc2C#N)CC1. The Morgan fingerprint density at radius 1 is 0.923 bits per heavy atom. The Morgan fingerprint density at radius 3 is 2.31 bits per heavy atom. The molecule has 0 radical (unpaired) electrons. The van der Waals surface area contributed by atoms with Gasteiger partial charge < -0.3 is 20.0 Å². The van der Waals surface area contributed by atoms with Gasteiger partial charge in [0.2, 0.25) is 0 Å². The molecule has 39 heavy (non-hydrogen) atoms. The van der Waals surface area contributed by atoms with Crippen LogP contribution < -0.4 is 15.1 Å². The van der Waals surface area contributed by atoms with Gasteiger partial charge in [-0.3, -0.25) is 4.79 Å². The molecular weight excluding hydrogens is 482 g/mol. The molecule has 0 saturated carbocycles. The number of carbonyl (C=O) groups excluding carboxylic acids is 1. The van der Waals surface area contributed by atoms with Crippen molar-refractivity contribution in [3.63, 3.8) is 0 Å². The second kappa shape index (κ2) is 11.0. The molecule has 1 N–H and O–H groups in total. The first-order chi connectivity index (χ1) is 18.8. The van der Waals surface area contributed by atoms with Gasteiger partial charge in [-0.05, 0) is 82.0 Å². The molecule has 202 valence electrons. The summed E-state index contributed by atoms with van der Waals surface area (Å²) in [7, 11) is 0. The van der Waals surface area contributed by atoms with Gasteiger partial charge in [-0.25, -0.2) is 0 Å². The number of nitrogens with one attached hydrogen (secondary N) is 1. The van der Waals surface area contributed by atoms with Gasteiger partial charge in [0.15, 0.2) is 0 Å². The molecule has 0 unspecified atom stereocenters. The van der Waals surface area contributed by atoms with Crippen LogP contribution in [0.5, 0.6) is 0 Å². The molecule has 2 aliphatic heterocycles. The number of aryl methyl sites for hydroxylation is 2. The van der Waals surface area contributed by atoms with E-state index in [9.17, 15) is 10.1 Å². The summed E-state index contributed by atoms with van der Waals surface area (Å²) in [5.41, 5.74) is 6.81. The highest BCUT2D eigenvalue weighted by Gasteiger charge is 2.36. The minimum absolute atomic E-state index is 0.110. The third kappa shape index (κ3) is 5.59. The first-order valence-electron chi connectivity index (χ1n) is 14.0. The Bertz CT molecular complexity index is 1370. The quantitative estimate of drug-likeness (QED) is 0.446. The van der Waals surface area contributed by atoms with Crippen molar-refractivity contribution in [1.82, 2.24) is 4.90 Å². The zero-order valence-corrected chi connectivity index (χ0v) is 23.6. The van der Waals surface area contributed by atoms with Crippen LogP contribution in [0.3, 0.4) is 0 Å². The fourth-order valence-corrected chi connectivity index (χ4v) is 6.15. The lowest BCUT2D eigenvalue weighted by atomic mass is 9.95. The van der Waals surface area contributed by atoms with Crippen molar-refractivity contribution in [3.8, 4) is 6.07 Å². The molecule has 6 nitrogen and oxygen atoms in total. The normalized spacial score (nSPS) is 17.6. The van der Waals surface area contributed by atoms with E-state index in [-0.39, 0.29) is 11.4 Å². The van der Waals surface area contributed by atoms with E-state index in [1.807, 2.05) is 42.2 Å². The summed E-state index contributed by atoms with van der Waals surface area (Å²) in [6, 6.07) is 25.2. The fourth-order valence-electron chi connectivity index (χ4n) is 6.15. The lowest BCUT2D eigenvalue weighted by Gasteiger charge is -2.48. The molecule has 0 aliphatic carbocycles. The first-order valence-corrected chi connectivity index (χ1v) is 14.0. The molecule has 0 atom stereocenters. The first kappa shape index (κ1) is 26.6. The van der Waals surface area contributed by atoms with Gasteiger partial charge in [-0.15, -0.1) is 0 Å². The average molecular weight is 522 g/mol. The van der Waals surface area contributed by atoms with E-state index in [4.69, 9.17) is 0 Å². The molecule has 2 fully saturated rings. The van der Waals surface area contributed by atoms with E-state index in [0.29, 0.717) is 19.1 Å². The standard InChI is InChI=1S/C33H39N5O/c1-24-20-25(2)30(35-27-14-16-36(17-15-27)31-13-9-8-10-26(31)22-34)21-29(24)32(39)37-18-19-38(33(3,4)23-37)28-11-6-5-7-12-28/h5-13,20-21,27,35H,14-19,23H2,1-4H3. The molecule has 2 heterocycles. The van der Waals surface area contributed by atoms with E-state index in [1.54, 1.807) is 0 Å². The van der Waals surface area contributed by atoms with E-state index in [1.165, 1.54) is 5.69 Å². The highest BCUT2D eigenvalue weighted by Crippen LogP contribution is 2.31. The predicted molar refractivity (Wildman–Crippen MR) is 160 cm³/mol. The number of anilines is 3. The highest BCUT2D eigenvalue weighted by molar-refractivity contribution is 5.97. The Morgan fingerprint density at radius 2 is 1.62 bits per heavy atom. The number of hydrogen-bond donors (Lipinski definition) is 1. The van der Waals surface area contributed by atoms with Gasteiger partial charge in [-0.1, -0.05) is 36.4 Å². The van der Waals surface area contributed by atoms with Crippen LogP contribution >= 0.6 is 0 Å². The summed E-state index contributed by atoms with van der Waals surface area (Å²) in [4.78, 5) is 20.6. The van der Waals surface area contributed by atoms with Gasteiger partial charge in [0.05, 0.1) is 16.8 Å². The summed E-state index contributed by atoms with van der Waals surface area (Å²) in [5, 5.41) is 13.2. The van der Waals surface area contributed by atoms with Gasteiger partial charge in [-0.2, -0.15) is 5.26 Å². The number of piperidine rings is 1. The Kier molecular flexibility index (Phi) is 7.52. The molecule has 1 amide bonds. The molecule has 2 saturated heterocycles. The molecule has 2 aliphatic rings. The Balaban J connectivity index is 1.26. The van der Waals surface area contributed by atoms with Crippen LogP contribution in [0.15, 0.2) is 66.7 Å². The van der Waals surface area contributed by atoms with Crippen molar-refractivity contribution in [2.24, 2.45) is 0 Å². The number of hydrogen-bond acceptors (Lipinski definition) is 5. The largest absolute Gasteiger partial charge is 0.382 e. The number of carbonyl (C=O) groups is 1. The second-order valence-corrected chi connectivity index (χ2v) is 11.5. The molecule has 5 rings (SSSR count). The summed E-state index contributed by atoms with van der Waals surface area (Å²) >= 11 is 0. The third-order valence-electron chi connectivity index (χ3n) is 8.28. The van der Waals surface area contributed by atoms with Gasteiger partial charge in [0, 0.05) is 55.7 Å². The van der Waals surface area contributed by atoms with Crippen LogP contribution in [-0.2, 0) is 0 Å².